The fourth-order valence-electron chi connectivity index (χ4n) is 2.04. The maximum atomic E-state index is 4.11. The van der Waals surface area contributed by atoms with Crippen LogP contribution in [-0.4, -0.2) is 36.5 Å². The van der Waals surface area contributed by atoms with E-state index < -0.39 is 0 Å². The van der Waals surface area contributed by atoms with Crippen LogP contribution in [0, 0.1) is 5.92 Å². The van der Waals surface area contributed by atoms with Crippen molar-refractivity contribution in [1.82, 2.24) is 9.80 Å². The van der Waals surface area contributed by atoms with E-state index in [1.54, 1.807) is 0 Å². The van der Waals surface area contributed by atoms with E-state index in [0.717, 1.165) is 12.2 Å². The SMILES string of the molecule is C=C1C=C(C(C)CN(C)C)C=CN1C(C)C. The molecule has 0 fully saturated rings. The highest BCUT2D eigenvalue weighted by Crippen LogP contribution is 2.23. The van der Waals surface area contributed by atoms with Crippen molar-refractivity contribution in [3.8, 4) is 0 Å². The number of nitrogens with zero attached hydrogens (tertiary/aromatic N) is 2. The molecule has 0 aliphatic carbocycles. The summed E-state index contributed by atoms with van der Waals surface area (Å²) in [4.78, 5) is 4.42. The van der Waals surface area contributed by atoms with Gasteiger partial charge < -0.3 is 9.80 Å². The predicted octanol–water partition coefficient (Wildman–Crippen LogP) is 2.86. The van der Waals surface area contributed by atoms with Crippen molar-refractivity contribution < 1.29 is 0 Å². The Labute approximate surface area is 99.9 Å². The number of rotatable bonds is 4. The van der Waals surface area contributed by atoms with Gasteiger partial charge in [0.25, 0.3) is 0 Å². The van der Waals surface area contributed by atoms with Crippen LogP contribution in [0.2, 0.25) is 0 Å². The molecule has 0 N–H and O–H groups in total. The molecule has 2 heteroatoms. The summed E-state index contributed by atoms with van der Waals surface area (Å²) in [5.41, 5.74) is 2.47. The minimum Gasteiger partial charge on any atom is -0.346 e. The third-order valence-corrected chi connectivity index (χ3v) is 2.86. The smallest absolute Gasteiger partial charge is 0.0338 e. The van der Waals surface area contributed by atoms with E-state index in [-0.39, 0.29) is 0 Å². The van der Waals surface area contributed by atoms with Gasteiger partial charge in [0.15, 0.2) is 0 Å². The Bertz CT molecular complexity index is 311. The molecular formula is C14H24N2. The minimum atomic E-state index is 0.478. The van der Waals surface area contributed by atoms with Gasteiger partial charge in [-0.25, -0.2) is 0 Å². The summed E-state index contributed by atoms with van der Waals surface area (Å²) in [7, 11) is 4.22. The van der Waals surface area contributed by atoms with E-state index in [2.05, 4.69) is 69.6 Å². The van der Waals surface area contributed by atoms with Crippen molar-refractivity contribution in [1.29, 1.82) is 0 Å². The number of hydrogen-bond donors (Lipinski definition) is 0. The van der Waals surface area contributed by atoms with Gasteiger partial charge in [-0.15, -0.1) is 0 Å². The molecule has 1 unspecified atom stereocenters. The van der Waals surface area contributed by atoms with E-state index in [4.69, 9.17) is 0 Å². The molecule has 90 valence electrons. The molecule has 0 saturated carbocycles. The van der Waals surface area contributed by atoms with Crippen LogP contribution in [0.1, 0.15) is 20.8 Å². The van der Waals surface area contributed by atoms with Crippen molar-refractivity contribution in [2.45, 2.75) is 26.8 Å². The van der Waals surface area contributed by atoms with Crippen LogP contribution < -0.4 is 0 Å². The van der Waals surface area contributed by atoms with E-state index in [0.29, 0.717) is 12.0 Å². The van der Waals surface area contributed by atoms with Crippen LogP contribution in [0.25, 0.3) is 0 Å². The van der Waals surface area contributed by atoms with E-state index in [9.17, 15) is 0 Å². The topological polar surface area (TPSA) is 6.48 Å². The summed E-state index contributed by atoms with van der Waals surface area (Å²) >= 11 is 0. The van der Waals surface area contributed by atoms with Gasteiger partial charge in [0.2, 0.25) is 0 Å². The molecule has 16 heavy (non-hydrogen) atoms. The highest BCUT2D eigenvalue weighted by Gasteiger charge is 2.15. The van der Waals surface area contributed by atoms with E-state index in [1.165, 1.54) is 5.57 Å². The number of allylic oxidation sites excluding steroid dienone is 2. The molecule has 1 aliphatic rings. The van der Waals surface area contributed by atoms with Gasteiger partial charge in [-0.3, -0.25) is 0 Å². The molecule has 1 aliphatic heterocycles. The molecule has 0 radical (unpaired) electrons. The quantitative estimate of drug-likeness (QED) is 0.719. The Balaban J connectivity index is 2.70. The largest absolute Gasteiger partial charge is 0.346 e. The second kappa shape index (κ2) is 5.35. The molecule has 0 aromatic heterocycles. The fourth-order valence-corrected chi connectivity index (χ4v) is 2.04. The molecule has 0 amide bonds. The lowest BCUT2D eigenvalue weighted by atomic mass is 9.97. The Morgan fingerprint density at radius 1 is 1.31 bits per heavy atom. The summed E-state index contributed by atoms with van der Waals surface area (Å²) in [6.07, 6.45) is 6.56. The molecule has 1 atom stereocenters. The first kappa shape index (κ1) is 13.0. The average Bonchev–Trinajstić information content (AvgIpc) is 2.15. The second-order valence-corrected chi connectivity index (χ2v) is 5.12. The van der Waals surface area contributed by atoms with E-state index >= 15 is 0 Å². The molecule has 0 aromatic carbocycles. The maximum absolute atomic E-state index is 4.11. The average molecular weight is 220 g/mol. The summed E-state index contributed by atoms with van der Waals surface area (Å²) in [5, 5.41) is 0. The van der Waals surface area contributed by atoms with Gasteiger partial charge in [0, 0.05) is 24.5 Å². The van der Waals surface area contributed by atoms with Crippen LogP contribution in [0.3, 0.4) is 0 Å². The molecule has 1 rings (SSSR count). The van der Waals surface area contributed by atoms with Crippen molar-refractivity contribution >= 4 is 0 Å². The summed E-state index contributed by atoms with van der Waals surface area (Å²) in [5.74, 6) is 0.553. The normalized spacial score (nSPS) is 18.3. The van der Waals surface area contributed by atoms with Crippen molar-refractivity contribution in [2.75, 3.05) is 20.6 Å². The molecule has 2 nitrogen and oxygen atoms in total. The Morgan fingerprint density at radius 2 is 1.94 bits per heavy atom. The van der Waals surface area contributed by atoms with E-state index in [1.807, 2.05) is 0 Å². The van der Waals surface area contributed by atoms with Gasteiger partial charge in [0.1, 0.15) is 0 Å². The molecule has 0 spiro atoms. The predicted molar refractivity (Wildman–Crippen MR) is 71.1 cm³/mol. The van der Waals surface area contributed by atoms with Crippen LogP contribution in [0.15, 0.2) is 36.2 Å². The van der Waals surface area contributed by atoms with Crippen LogP contribution in [0.5, 0.6) is 0 Å². The zero-order chi connectivity index (χ0) is 12.3. The Hall–Kier alpha value is -1.02. The van der Waals surface area contributed by atoms with Crippen molar-refractivity contribution in [3.05, 3.63) is 36.2 Å². The number of hydrogen-bond acceptors (Lipinski definition) is 2. The first-order chi connectivity index (χ1) is 7.41. The Morgan fingerprint density at radius 3 is 2.38 bits per heavy atom. The molecule has 0 aromatic rings. The lowest BCUT2D eigenvalue weighted by molar-refractivity contribution is 0.359. The highest BCUT2D eigenvalue weighted by molar-refractivity contribution is 5.35. The fraction of sp³-hybridized carbons (Fsp3) is 0.571. The molecule has 0 saturated heterocycles. The Kier molecular flexibility index (Phi) is 4.36. The monoisotopic (exact) mass is 220 g/mol. The van der Waals surface area contributed by atoms with Gasteiger partial charge in [-0.2, -0.15) is 0 Å². The summed E-state index contributed by atoms with van der Waals surface area (Å²) in [6, 6.07) is 0.478. The van der Waals surface area contributed by atoms with Gasteiger partial charge >= 0.3 is 0 Å². The van der Waals surface area contributed by atoms with Gasteiger partial charge in [-0.1, -0.05) is 13.5 Å². The lowest BCUT2D eigenvalue weighted by Gasteiger charge is -2.30. The molecular weight excluding hydrogens is 196 g/mol. The highest BCUT2D eigenvalue weighted by atomic mass is 15.1. The third kappa shape index (κ3) is 3.24. The minimum absolute atomic E-state index is 0.478. The molecule has 0 bridgehead atoms. The maximum Gasteiger partial charge on any atom is 0.0338 e. The first-order valence-electron chi connectivity index (χ1n) is 5.93. The van der Waals surface area contributed by atoms with Crippen LogP contribution >= 0.6 is 0 Å². The summed E-state index contributed by atoms with van der Waals surface area (Å²) < 4.78 is 0. The standard InChI is InChI=1S/C14H24N2/c1-11(2)16-8-7-14(9-13(16)4)12(3)10-15(5)6/h7-9,11-12H,4,10H2,1-3,5-6H3. The summed E-state index contributed by atoms with van der Waals surface area (Å²) in [6.45, 7) is 11.8. The van der Waals surface area contributed by atoms with Gasteiger partial charge in [0.05, 0.1) is 0 Å². The van der Waals surface area contributed by atoms with Crippen LogP contribution in [-0.2, 0) is 0 Å². The zero-order valence-corrected chi connectivity index (χ0v) is 11.2. The lowest BCUT2D eigenvalue weighted by Crippen LogP contribution is -2.27. The first-order valence-corrected chi connectivity index (χ1v) is 5.93. The van der Waals surface area contributed by atoms with Crippen LogP contribution in [0.4, 0.5) is 0 Å². The van der Waals surface area contributed by atoms with Crippen molar-refractivity contribution in [3.63, 3.8) is 0 Å². The van der Waals surface area contributed by atoms with Crippen molar-refractivity contribution in [2.24, 2.45) is 5.92 Å². The van der Waals surface area contributed by atoms with Gasteiger partial charge in [-0.05, 0) is 51.6 Å². The molecule has 1 heterocycles. The third-order valence-electron chi connectivity index (χ3n) is 2.86. The second-order valence-electron chi connectivity index (χ2n) is 5.12. The zero-order valence-electron chi connectivity index (χ0n) is 11.2.